The molecule has 0 spiro atoms. The Kier molecular flexibility index (Phi) is 4.97. The monoisotopic (exact) mass is 391 g/mol. The zero-order valence-electron chi connectivity index (χ0n) is 15.2. The smallest absolute Gasteiger partial charge is 0.223 e. The quantitative estimate of drug-likeness (QED) is 0.683. The van der Waals surface area contributed by atoms with Gasteiger partial charge in [0.1, 0.15) is 0 Å². The van der Waals surface area contributed by atoms with E-state index in [0.717, 1.165) is 48.0 Å². The van der Waals surface area contributed by atoms with Crippen LogP contribution < -0.4 is 0 Å². The van der Waals surface area contributed by atoms with Gasteiger partial charge in [-0.05, 0) is 52.4 Å². The van der Waals surface area contributed by atoms with Gasteiger partial charge in [0.2, 0.25) is 5.96 Å². The van der Waals surface area contributed by atoms with Crippen LogP contribution in [0.3, 0.4) is 0 Å². The molecule has 24 heavy (non-hydrogen) atoms. The van der Waals surface area contributed by atoms with E-state index in [-0.39, 0.29) is 6.04 Å². The molecule has 130 valence electrons. The summed E-state index contributed by atoms with van der Waals surface area (Å²) in [6.07, 6.45) is 0. The molecule has 1 aromatic rings. The molecule has 1 fully saturated rings. The van der Waals surface area contributed by atoms with Gasteiger partial charge in [0.15, 0.2) is 0 Å². The number of benzene rings is 1. The van der Waals surface area contributed by atoms with Crippen molar-refractivity contribution >= 4 is 33.3 Å². The second-order valence-electron chi connectivity index (χ2n) is 6.93. The van der Waals surface area contributed by atoms with E-state index in [2.05, 4.69) is 63.8 Å². The molecular formula is C18H26BrN5. The number of piperazine rings is 1. The Hall–Kier alpha value is -1.40. The zero-order valence-corrected chi connectivity index (χ0v) is 16.8. The van der Waals surface area contributed by atoms with E-state index in [0.29, 0.717) is 0 Å². The molecule has 0 N–H and O–H groups in total. The van der Waals surface area contributed by atoms with Crippen molar-refractivity contribution in [2.75, 3.05) is 33.2 Å². The van der Waals surface area contributed by atoms with Gasteiger partial charge in [0.25, 0.3) is 0 Å². The second kappa shape index (κ2) is 6.84. The second-order valence-corrected chi connectivity index (χ2v) is 7.85. The lowest BCUT2D eigenvalue weighted by Gasteiger charge is -2.41. The van der Waals surface area contributed by atoms with E-state index < -0.39 is 0 Å². The van der Waals surface area contributed by atoms with Crippen LogP contribution in [0, 0.1) is 6.92 Å². The lowest BCUT2D eigenvalue weighted by Crippen LogP contribution is -2.52. The van der Waals surface area contributed by atoms with Crippen molar-refractivity contribution in [1.82, 2.24) is 14.8 Å². The average Bonchev–Trinajstić information content (AvgIpc) is 2.51. The molecular weight excluding hydrogens is 366 g/mol. The number of aryl methyl sites for hydroxylation is 1. The number of hydrogen-bond donors (Lipinski definition) is 0. The van der Waals surface area contributed by atoms with Crippen molar-refractivity contribution in [3.05, 3.63) is 27.7 Å². The molecule has 1 unspecified atom stereocenters. The van der Waals surface area contributed by atoms with Crippen LogP contribution >= 0.6 is 15.9 Å². The number of guanidine groups is 1. The lowest BCUT2D eigenvalue weighted by atomic mass is 10.0. The SMILES string of the molecule is CC(C)=NN1C(N2CCN(C)CC2)=Nc2c(C)cc(Br)cc2C1C. The number of nitrogens with zero attached hydrogens (tertiary/aromatic N) is 5. The van der Waals surface area contributed by atoms with Crippen molar-refractivity contribution in [2.24, 2.45) is 10.1 Å². The van der Waals surface area contributed by atoms with Crippen LogP contribution in [0.5, 0.6) is 0 Å². The highest BCUT2D eigenvalue weighted by atomic mass is 79.9. The lowest BCUT2D eigenvalue weighted by molar-refractivity contribution is 0.186. The van der Waals surface area contributed by atoms with Crippen molar-refractivity contribution in [2.45, 2.75) is 33.7 Å². The summed E-state index contributed by atoms with van der Waals surface area (Å²) >= 11 is 3.62. The average molecular weight is 392 g/mol. The number of hydrogen-bond acceptors (Lipinski definition) is 5. The van der Waals surface area contributed by atoms with Crippen LogP contribution in [-0.4, -0.2) is 59.7 Å². The molecule has 0 bridgehead atoms. The molecule has 2 heterocycles. The third kappa shape index (κ3) is 3.35. The molecule has 2 aliphatic rings. The first-order chi connectivity index (χ1) is 11.4. The summed E-state index contributed by atoms with van der Waals surface area (Å²) in [4.78, 5) is 9.77. The number of rotatable bonds is 1. The highest BCUT2D eigenvalue weighted by Gasteiger charge is 2.32. The Morgan fingerprint density at radius 3 is 2.50 bits per heavy atom. The van der Waals surface area contributed by atoms with Crippen LogP contribution in [0.4, 0.5) is 5.69 Å². The first-order valence-electron chi connectivity index (χ1n) is 8.50. The van der Waals surface area contributed by atoms with Crippen molar-refractivity contribution in [3.63, 3.8) is 0 Å². The van der Waals surface area contributed by atoms with E-state index in [1.54, 1.807) is 0 Å². The molecule has 3 rings (SSSR count). The Balaban J connectivity index is 2.07. The van der Waals surface area contributed by atoms with Crippen LogP contribution in [0.1, 0.15) is 37.9 Å². The van der Waals surface area contributed by atoms with Gasteiger partial charge in [-0.1, -0.05) is 15.9 Å². The summed E-state index contributed by atoms with van der Waals surface area (Å²) in [5.74, 6) is 0.981. The summed E-state index contributed by atoms with van der Waals surface area (Å²) < 4.78 is 1.10. The molecule has 0 saturated carbocycles. The molecule has 0 amide bonds. The maximum atomic E-state index is 5.04. The third-order valence-electron chi connectivity index (χ3n) is 4.62. The summed E-state index contributed by atoms with van der Waals surface area (Å²) in [5.41, 5.74) is 4.57. The maximum Gasteiger partial charge on any atom is 0.223 e. The highest BCUT2D eigenvalue weighted by Crippen LogP contribution is 2.39. The molecule has 6 heteroatoms. The van der Waals surface area contributed by atoms with Crippen LogP contribution in [0.15, 0.2) is 26.7 Å². The van der Waals surface area contributed by atoms with Crippen LogP contribution in [-0.2, 0) is 0 Å². The van der Waals surface area contributed by atoms with Crippen LogP contribution in [0.2, 0.25) is 0 Å². The number of hydrazone groups is 1. The number of likely N-dealkylation sites (N-methyl/N-ethyl adjacent to an activating group) is 1. The molecule has 0 radical (unpaired) electrons. The molecule has 2 aliphatic heterocycles. The van der Waals surface area contributed by atoms with Gasteiger partial charge < -0.3 is 9.80 Å². The van der Waals surface area contributed by atoms with Gasteiger partial charge in [-0.15, -0.1) is 0 Å². The Labute approximate surface area is 153 Å². The minimum Gasteiger partial charge on any atom is -0.338 e. The van der Waals surface area contributed by atoms with Crippen LogP contribution in [0.25, 0.3) is 0 Å². The predicted octanol–water partition coefficient (Wildman–Crippen LogP) is 3.76. The predicted molar refractivity (Wildman–Crippen MR) is 104 cm³/mol. The molecule has 1 saturated heterocycles. The standard InChI is InChI=1S/C18H26BrN5/c1-12(2)21-24-14(4)16-11-15(19)10-13(3)17(16)20-18(24)23-8-6-22(5)7-9-23/h10-11,14H,6-9H2,1-5H3. The fraction of sp³-hybridized carbons (Fsp3) is 0.556. The Morgan fingerprint density at radius 1 is 1.21 bits per heavy atom. The van der Waals surface area contributed by atoms with Gasteiger partial charge in [-0.3, -0.25) is 0 Å². The number of halogens is 1. The van der Waals surface area contributed by atoms with E-state index in [9.17, 15) is 0 Å². The van der Waals surface area contributed by atoms with Crippen molar-refractivity contribution in [3.8, 4) is 0 Å². The highest BCUT2D eigenvalue weighted by molar-refractivity contribution is 9.10. The first-order valence-corrected chi connectivity index (χ1v) is 9.29. The van der Waals surface area contributed by atoms with Gasteiger partial charge in [-0.25, -0.2) is 10.0 Å². The summed E-state index contributed by atoms with van der Waals surface area (Å²) in [6.45, 7) is 12.5. The normalized spacial score (nSPS) is 21.4. The van der Waals surface area contributed by atoms with Crippen molar-refractivity contribution in [1.29, 1.82) is 0 Å². The largest absolute Gasteiger partial charge is 0.338 e. The zero-order chi connectivity index (χ0) is 17.4. The summed E-state index contributed by atoms with van der Waals surface area (Å²) in [6, 6.07) is 4.48. The van der Waals surface area contributed by atoms with Gasteiger partial charge in [0.05, 0.1) is 11.7 Å². The molecule has 1 atom stereocenters. The van der Waals surface area contributed by atoms with Gasteiger partial charge in [-0.2, -0.15) is 5.10 Å². The van der Waals surface area contributed by atoms with Gasteiger partial charge in [0, 0.05) is 41.9 Å². The molecule has 5 nitrogen and oxygen atoms in total. The molecule has 1 aromatic carbocycles. The Morgan fingerprint density at radius 2 is 1.88 bits per heavy atom. The third-order valence-corrected chi connectivity index (χ3v) is 5.08. The minimum absolute atomic E-state index is 0.165. The first kappa shape index (κ1) is 17.4. The molecule has 0 aromatic heterocycles. The van der Waals surface area contributed by atoms with Gasteiger partial charge >= 0.3 is 0 Å². The fourth-order valence-corrected chi connectivity index (χ4v) is 3.85. The number of aliphatic imine (C=N–C) groups is 1. The Bertz CT molecular complexity index is 685. The molecule has 0 aliphatic carbocycles. The van der Waals surface area contributed by atoms with E-state index >= 15 is 0 Å². The fourth-order valence-electron chi connectivity index (χ4n) is 3.26. The van der Waals surface area contributed by atoms with E-state index in [4.69, 9.17) is 10.1 Å². The summed E-state index contributed by atoms with van der Waals surface area (Å²) in [5, 5.41) is 6.89. The summed E-state index contributed by atoms with van der Waals surface area (Å²) in [7, 11) is 2.17. The van der Waals surface area contributed by atoms with Crippen molar-refractivity contribution < 1.29 is 0 Å². The maximum absolute atomic E-state index is 5.04. The van der Waals surface area contributed by atoms with E-state index in [1.807, 2.05) is 13.8 Å². The van der Waals surface area contributed by atoms with E-state index in [1.165, 1.54) is 11.1 Å². The minimum atomic E-state index is 0.165. The number of fused-ring (bicyclic) bond motifs is 1. The topological polar surface area (TPSA) is 34.4 Å².